The number of unbranched alkanes of at least 4 members (excludes halogenated alkanes) is 3. The number of hydrogen-bond acceptors (Lipinski definition) is 4. The normalized spacial score (nSPS) is 13.4. The molecule has 2 aromatic rings. The molecular formula is C20H29N3O2. The van der Waals surface area contributed by atoms with Crippen molar-refractivity contribution in [1.82, 2.24) is 10.3 Å². The fraction of sp³-hybridized carbons (Fsp3) is 0.500. The summed E-state index contributed by atoms with van der Waals surface area (Å²) in [5.74, 6) is 0.189. The van der Waals surface area contributed by atoms with Gasteiger partial charge in [0.2, 0.25) is 5.89 Å². The van der Waals surface area contributed by atoms with Gasteiger partial charge in [0.25, 0.3) is 5.91 Å². The summed E-state index contributed by atoms with van der Waals surface area (Å²) >= 11 is 0. The topological polar surface area (TPSA) is 81.2 Å². The SMILES string of the molecule is CCCCCCC(C)NC(=O)c1coc(C(N)Cc2ccccc2)n1. The number of amides is 1. The smallest absolute Gasteiger partial charge is 0.273 e. The molecule has 25 heavy (non-hydrogen) atoms. The fourth-order valence-electron chi connectivity index (χ4n) is 2.76. The summed E-state index contributed by atoms with van der Waals surface area (Å²) in [4.78, 5) is 16.5. The molecule has 0 bridgehead atoms. The number of nitrogens with one attached hydrogen (secondary N) is 1. The highest BCUT2D eigenvalue weighted by molar-refractivity contribution is 5.92. The van der Waals surface area contributed by atoms with Gasteiger partial charge in [-0.25, -0.2) is 4.98 Å². The molecule has 0 saturated heterocycles. The summed E-state index contributed by atoms with van der Waals surface area (Å²) in [5, 5.41) is 2.97. The maximum absolute atomic E-state index is 12.3. The van der Waals surface area contributed by atoms with Gasteiger partial charge in [-0.05, 0) is 25.3 Å². The van der Waals surface area contributed by atoms with Crippen LogP contribution in [-0.4, -0.2) is 16.9 Å². The van der Waals surface area contributed by atoms with Crippen LogP contribution in [0.15, 0.2) is 41.0 Å². The first-order chi connectivity index (χ1) is 12.1. The predicted octanol–water partition coefficient (Wildman–Crippen LogP) is 4.01. The van der Waals surface area contributed by atoms with Crippen molar-refractivity contribution in [2.24, 2.45) is 5.73 Å². The molecule has 5 heteroatoms. The van der Waals surface area contributed by atoms with Gasteiger partial charge in [-0.1, -0.05) is 62.9 Å². The lowest BCUT2D eigenvalue weighted by molar-refractivity contribution is 0.0932. The fourth-order valence-corrected chi connectivity index (χ4v) is 2.76. The van der Waals surface area contributed by atoms with E-state index >= 15 is 0 Å². The van der Waals surface area contributed by atoms with Gasteiger partial charge >= 0.3 is 0 Å². The zero-order valence-corrected chi connectivity index (χ0v) is 15.2. The van der Waals surface area contributed by atoms with Crippen LogP contribution in [0.5, 0.6) is 0 Å². The second kappa shape index (κ2) is 9.99. The van der Waals surface area contributed by atoms with E-state index in [1.807, 2.05) is 37.3 Å². The largest absolute Gasteiger partial charge is 0.446 e. The van der Waals surface area contributed by atoms with Gasteiger partial charge in [0.15, 0.2) is 5.69 Å². The van der Waals surface area contributed by atoms with Crippen LogP contribution in [0, 0.1) is 0 Å². The van der Waals surface area contributed by atoms with Gasteiger partial charge in [0.05, 0.1) is 6.04 Å². The summed E-state index contributed by atoms with van der Waals surface area (Å²) in [5.41, 5.74) is 7.55. The van der Waals surface area contributed by atoms with Crippen LogP contribution < -0.4 is 11.1 Å². The van der Waals surface area contributed by atoms with Crippen LogP contribution in [0.25, 0.3) is 0 Å². The predicted molar refractivity (Wildman–Crippen MR) is 99.3 cm³/mol. The van der Waals surface area contributed by atoms with Crippen molar-refractivity contribution in [3.63, 3.8) is 0 Å². The molecule has 2 rings (SSSR count). The molecule has 3 N–H and O–H groups in total. The third kappa shape index (κ3) is 6.35. The second-order valence-corrected chi connectivity index (χ2v) is 6.59. The van der Waals surface area contributed by atoms with Crippen molar-refractivity contribution in [2.45, 2.75) is 64.5 Å². The highest BCUT2D eigenvalue weighted by Crippen LogP contribution is 2.16. The minimum atomic E-state index is -0.365. The Balaban J connectivity index is 1.84. The summed E-state index contributed by atoms with van der Waals surface area (Å²) in [6.07, 6.45) is 7.78. The Morgan fingerprint density at radius 1 is 1.24 bits per heavy atom. The number of carbonyl (C=O) groups is 1. The summed E-state index contributed by atoms with van der Waals surface area (Å²) in [6.45, 7) is 4.21. The lowest BCUT2D eigenvalue weighted by Crippen LogP contribution is -2.32. The summed E-state index contributed by atoms with van der Waals surface area (Å²) in [6, 6.07) is 9.69. The van der Waals surface area contributed by atoms with Crippen LogP contribution in [0.3, 0.4) is 0 Å². The maximum Gasteiger partial charge on any atom is 0.273 e. The van der Waals surface area contributed by atoms with Crippen molar-refractivity contribution < 1.29 is 9.21 Å². The van der Waals surface area contributed by atoms with Crippen molar-refractivity contribution in [3.05, 3.63) is 53.7 Å². The van der Waals surface area contributed by atoms with E-state index in [0.29, 0.717) is 18.0 Å². The highest BCUT2D eigenvalue weighted by Gasteiger charge is 2.18. The average molecular weight is 343 g/mol. The average Bonchev–Trinajstić information content (AvgIpc) is 3.10. The van der Waals surface area contributed by atoms with Crippen LogP contribution >= 0.6 is 0 Å². The molecule has 2 atom stereocenters. The molecular weight excluding hydrogens is 314 g/mol. The first kappa shape index (κ1) is 19.2. The Labute approximate surface area is 150 Å². The van der Waals surface area contributed by atoms with Gasteiger partial charge in [-0.2, -0.15) is 0 Å². The van der Waals surface area contributed by atoms with E-state index in [4.69, 9.17) is 10.2 Å². The standard InChI is InChI=1S/C20H29N3O2/c1-3-4-5-7-10-15(2)22-19(24)18-14-25-20(23-18)17(21)13-16-11-8-6-9-12-16/h6,8-9,11-12,14-15,17H,3-5,7,10,13,21H2,1-2H3,(H,22,24). The minimum absolute atomic E-state index is 0.127. The number of nitrogens with zero attached hydrogens (tertiary/aromatic N) is 1. The van der Waals surface area contributed by atoms with E-state index in [2.05, 4.69) is 17.2 Å². The first-order valence-corrected chi connectivity index (χ1v) is 9.16. The maximum atomic E-state index is 12.3. The highest BCUT2D eigenvalue weighted by atomic mass is 16.3. The second-order valence-electron chi connectivity index (χ2n) is 6.59. The molecule has 1 amide bonds. The monoisotopic (exact) mass is 343 g/mol. The quantitative estimate of drug-likeness (QED) is 0.639. The third-order valence-electron chi connectivity index (χ3n) is 4.24. The van der Waals surface area contributed by atoms with Crippen LogP contribution in [-0.2, 0) is 6.42 Å². The number of rotatable bonds is 10. The van der Waals surface area contributed by atoms with Crippen LogP contribution in [0.4, 0.5) is 0 Å². The van der Waals surface area contributed by atoms with E-state index in [1.165, 1.54) is 25.5 Å². The molecule has 0 radical (unpaired) electrons. The Morgan fingerprint density at radius 3 is 2.72 bits per heavy atom. The van der Waals surface area contributed by atoms with Gasteiger partial charge < -0.3 is 15.5 Å². The molecule has 1 aromatic heterocycles. The molecule has 5 nitrogen and oxygen atoms in total. The Bertz CT molecular complexity index is 639. The minimum Gasteiger partial charge on any atom is -0.446 e. The van der Waals surface area contributed by atoms with E-state index in [0.717, 1.165) is 18.4 Å². The number of hydrogen-bond donors (Lipinski definition) is 2. The zero-order chi connectivity index (χ0) is 18.1. The van der Waals surface area contributed by atoms with Crippen molar-refractivity contribution in [3.8, 4) is 0 Å². The molecule has 0 saturated carbocycles. The summed E-state index contributed by atoms with van der Waals surface area (Å²) < 4.78 is 5.42. The molecule has 1 heterocycles. The number of nitrogens with two attached hydrogens (primary N) is 1. The number of carbonyl (C=O) groups excluding carboxylic acids is 1. The molecule has 0 spiro atoms. The number of oxazole rings is 1. The molecule has 0 aliphatic rings. The van der Waals surface area contributed by atoms with Gasteiger partial charge in [-0.3, -0.25) is 4.79 Å². The molecule has 136 valence electrons. The third-order valence-corrected chi connectivity index (χ3v) is 4.24. The van der Waals surface area contributed by atoms with Gasteiger partial charge in [0, 0.05) is 6.04 Å². The first-order valence-electron chi connectivity index (χ1n) is 9.16. The molecule has 2 unspecified atom stereocenters. The Hall–Kier alpha value is -2.14. The van der Waals surface area contributed by atoms with Crippen LogP contribution in [0.1, 0.15) is 73.9 Å². The van der Waals surface area contributed by atoms with Crippen molar-refractivity contribution in [1.29, 1.82) is 0 Å². The lowest BCUT2D eigenvalue weighted by atomic mass is 10.1. The zero-order valence-electron chi connectivity index (χ0n) is 15.2. The molecule has 1 aromatic carbocycles. The van der Waals surface area contributed by atoms with E-state index < -0.39 is 0 Å². The van der Waals surface area contributed by atoms with E-state index in [9.17, 15) is 4.79 Å². The van der Waals surface area contributed by atoms with E-state index in [1.54, 1.807) is 0 Å². The van der Waals surface area contributed by atoms with E-state index in [-0.39, 0.29) is 18.0 Å². The van der Waals surface area contributed by atoms with Gasteiger partial charge in [0.1, 0.15) is 6.26 Å². The lowest BCUT2D eigenvalue weighted by Gasteiger charge is -2.12. The Kier molecular flexibility index (Phi) is 7.67. The Morgan fingerprint density at radius 2 is 2.00 bits per heavy atom. The van der Waals surface area contributed by atoms with Gasteiger partial charge in [-0.15, -0.1) is 0 Å². The summed E-state index contributed by atoms with van der Waals surface area (Å²) in [7, 11) is 0. The van der Waals surface area contributed by atoms with Crippen molar-refractivity contribution >= 4 is 5.91 Å². The molecule has 0 aliphatic carbocycles. The van der Waals surface area contributed by atoms with Crippen LogP contribution in [0.2, 0.25) is 0 Å². The number of aromatic nitrogens is 1. The molecule has 0 fully saturated rings. The molecule has 0 aliphatic heterocycles. The van der Waals surface area contributed by atoms with Crippen molar-refractivity contribution in [2.75, 3.05) is 0 Å². The number of benzene rings is 1.